The molecule has 0 saturated carbocycles. The molecule has 2 aromatic heterocycles. The van der Waals surface area contributed by atoms with Gasteiger partial charge in [-0.25, -0.2) is 0 Å². The molecule has 0 aliphatic carbocycles. The van der Waals surface area contributed by atoms with Crippen molar-refractivity contribution in [3.63, 3.8) is 0 Å². The summed E-state index contributed by atoms with van der Waals surface area (Å²) in [6, 6.07) is 5.94. The summed E-state index contributed by atoms with van der Waals surface area (Å²) in [5.41, 5.74) is 8.39. The van der Waals surface area contributed by atoms with Crippen molar-refractivity contribution in [2.75, 3.05) is 13.1 Å². The van der Waals surface area contributed by atoms with E-state index in [0.29, 0.717) is 23.1 Å². The van der Waals surface area contributed by atoms with Crippen LogP contribution in [0.25, 0.3) is 21.6 Å². The van der Waals surface area contributed by atoms with Crippen LogP contribution < -0.4 is 5.73 Å². The molecule has 0 bridgehead atoms. The van der Waals surface area contributed by atoms with Gasteiger partial charge in [-0.15, -0.1) is 10.2 Å². The van der Waals surface area contributed by atoms with Crippen molar-refractivity contribution >= 4 is 40.0 Å². The average Bonchev–Trinajstić information content (AvgIpc) is 3.24. The van der Waals surface area contributed by atoms with E-state index in [2.05, 4.69) is 18.9 Å². The van der Waals surface area contributed by atoms with Crippen molar-refractivity contribution in [1.82, 2.24) is 23.8 Å². The molecule has 3 heterocycles. The Hall–Kier alpha value is -1.97. The second kappa shape index (κ2) is 5.91. The van der Waals surface area contributed by atoms with Crippen molar-refractivity contribution < 1.29 is 4.79 Å². The summed E-state index contributed by atoms with van der Waals surface area (Å²) in [6.07, 6.45) is 1.67. The van der Waals surface area contributed by atoms with E-state index in [1.807, 2.05) is 18.2 Å². The number of nitrogens with two attached hydrogens (primary N) is 1. The Kier molecular flexibility index (Phi) is 3.76. The molecule has 1 fully saturated rings. The normalized spacial score (nSPS) is 16.1. The Morgan fingerprint density at radius 3 is 2.87 bits per heavy atom. The lowest BCUT2D eigenvalue weighted by molar-refractivity contribution is 0.0713. The third-order valence-corrected chi connectivity index (χ3v) is 5.44. The number of piperidine rings is 1. The predicted molar refractivity (Wildman–Crippen MR) is 89.4 cm³/mol. The number of carbonyl (C=O) groups is 1. The standard InChI is InChI=1S/C14H14N6OS2/c15-8-4-6-20(7-5-8)14(21)13-17-16-12(22-13)9-2-1-3-10-11(9)19-23-18-10/h1-3,8H,4-7,15H2. The van der Waals surface area contributed by atoms with Gasteiger partial charge in [-0.3, -0.25) is 4.79 Å². The number of benzene rings is 1. The van der Waals surface area contributed by atoms with Gasteiger partial charge >= 0.3 is 0 Å². The van der Waals surface area contributed by atoms with Crippen LogP contribution in [0.4, 0.5) is 0 Å². The first kappa shape index (κ1) is 14.6. The Bertz CT molecular complexity index is 852. The topological polar surface area (TPSA) is 97.9 Å². The summed E-state index contributed by atoms with van der Waals surface area (Å²) in [7, 11) is 0. The Morgan fingerprint density at radius 2 is 2.04 bits per heavy atom. The number of amides is 1. The van der Waals surface area contributed by atoms with Crippen LogP contribution in [0, 0.1) is 0 Å². The van der Waals surface area contributed by atoms with Gasteiger partial charge in [0.1, 0.15) is 11.0 Å². The minimum absolute atomic E-state index is 0.0655. The molecule has 7 nitrogen and oxygen atoms in total. The van der Waals surface area contributed by atoms with E-state index in [0.717, 1.165) is 29.4 Å². The lowest BCUT2D eigenvalue weighted by Gasteiger charge is -2.29. The van der Waals surface area contributed by atoms with Crippen LogP contribution >= 0.6 is 23.1 Å². The van der Waals surface area contributed by atoms with Gasteiger partial charge < -0.3 is 10.6 Å². The highest BCUT2D eigenvalue weighted by Gasteiger charge is 2.25. The number of aromatic nitrogens is 4. The quantitative estimate of drug-likeness (QED) is 0.759. The SMILES string of the molecule is NC1CCN(C(=O)c2nnc(-c3cccc4nsnc34)s2)CC1. The molecule has 2 N–H and O–H groups in total. The number of likely N-dealkylation sites (tertiary alicyclic amines) is 1. The molecule has 1 aliphatic rings. The summed E-state index contributed by atoms with van der Waals surface area (Å²) < 4.78 is 8.53. The molecule has 0 radical (unpaired) electrons. The van der Waals surface area contributed by atoms with Gasteiger partial charge in [-0.2, -0.15) is 8.75 Å². The monoisotopic (exact) mass is 346 g/mol. The highest BCUT2D eigenvalue weighted by atomic mass is 32.1. The van der Waals surface area contributed by atoms with E-state index in [1.54, 1.807) is 4.90 Å². The smallest absolute Gasteiger partial charge is 0.284 e. The van der Waals surface area contributed by atoms with Crippen LogP contribution in [0.2, 0.25) is 0 Å². The number of hydrogen-bond donors (Lipinski definition) is 1. The molecular weight excluding hydrogens is 332 g/mol. The fourth-order valence-electron chi connectivity index (χ4n) is 2.64. The zero-order chi connectivity index (χ0) is 15.8. The third kappa shape index (κ3) is 2.71. The number of nitrogens with zero attached hydrogens (tertiary/aromatic N) is 5. The van der Waals surface area contributed by atoms with Gasteiger partial charge in [0, 0.05) is 24.7 Å². The maximum Gasteiger partial charge on any atom is 0.284 e. The molecule has 1 amide bonds. The van der Waals surface area contributed by atoms with Crippen molar-refractivity contribution in [3.05, 3.63) is 23.2 Å². The molecule has 0 unspecified atom stereocenters. The molecule has 4 rings (SSSR count). The van der Waals surface area contributed by atoms with Crippen LogP contribution in [0.1, 0.15) is 22.6 Å². The Balaban J connectivity index is 1.62. The van der Waals surface area contributed by atoms with Crippen molar-refractivity contribution in [2.45, 2.75) is 18.9 Å². The average molecular weight is 346 g/mol. The lowest BCUT2D eigenvalue weighted by Crippen LogP contribution is -2.42. The van der Waals surface area contributed by atoms with Crippen molar-refractivity contribution in [2.24, 2.45) is 5.73 Å². The van der Waals surface area contributed by atoms with Crippen molar-refractivity contribution in [1.29, 1.82) is 0 Å². The molecule has 1 aromatic carbocycles. The molecule has 3 aromatic rings. The zero-order valence-corrected chi connectivity index (χ0v) is 13.8. The minimum atomic E-state index is -0.0655. The van der Waals surface area contributed by atoms with Crippen LogP contribution in [-0.4, -0.2) is 48.9 Å². The van der Waals surface area contributed by atoms with E-state index >= 15 is 0 Å². The highest BCUT2D eigenvalue weighted by molar-refractivity contribution is 7.16. The van der Waals surface area contributed by atoms with Crippen LogP contribution in [0.5, 0.6) is 0 Å². The predicted octanol–water partition coefficient (Wildman–Crippen LogP) is 1.77. The van der Waals surface area contributed by atoms with Gasteiger partial charge in [0.2, 0.25) is 5.01 Å². The van der Waals surface area contributed by atoms with E-state index in [9.17, 15) is 4.79 Å². The molecule has 0 atom stereocenters. The number of carbonyl (C=O) groups excluding carboxylic acids is 1. The number of hydrogen-bond acceptors (Lipinski definition) is 8. The first-order valence-electron chi connectivity index (χ1n) is 7.32. The van der Waals surface area contributed by atoms with Gasteiger partial charge in [0.25, 0.3) is 5.91 Å². The molecule has 9 heteroatoms. The molecule has 118 valence electrons. The minimum Gasteiger partial charge on any atom is -0.336 e. The second-order valence-electron chi connectivity index (χ2n) is 5.48. The lowest BCUT2D eigenvalue weighted by atomic mass is 10.1. The molecule has 1 saturated heterocycles. The fraction of sp³-hybridized carbons (Fsp3) is 0.357. The summed E-state index contributed by atoms with van der Waals surface area (Å²) in [6.45, 7) is 1.36. The zero-order valence-electron chi connectivity index (χ0n) is 12.2. The largest absolute Gasteiger partial charge is 0.336 e. The maximum absolute atomic E-state index is 12.5. The van der Waals surface area contributed by atoms with E-state index in [-0.39, 0.29) is 11.9 Å². The van der Waals surface area contributed by atoms with Gasteiger partial charge in [-0.1, -0.05) is 17.4 Å². The first-order valence-corrected chi connectivity index (χ1v) is 8.87. The van der Waals surface area contributed by atoms with E-state index in [4.69, 9.17) is 5.73 Å². The van der Waals surface area contributed by atoms with Crippen LogP contribution in [-0.2, 0) is 0 Å². The van der Waals surface area contributed by atoms with Gasteiger partial charge in [0.05, 0.1) is 11.7 Å². The maximum atomic E-state index is 12.5. The van der Waals surface area contributed by atoms with Gasteiger partial charge in [0.15, 0.2) is 5.01 Å². The summed E-state index contributed by atoms with van der Waals surface area (Å²) in [4.78, 5) is 14.3. The van der Waals surface area contributed by atoms with Gasteiger partial charge in [-0.05, 0) is 25.0 Å². The van der Waals surface area contributed by atoms with Crippen LogP contribution in [0.3, 0.4) is 0 Å². The van der Waals surface area contributed by atoms with Crippen molar-refractivity contribution in [3.8, 4) is 10.6 Å². The molecule has 1 aliphatic heterocycles. The Labute approximate surface area is 140 Å². The first-order chi connectivity index (χ1) is 11.2. The number of fused-ring (bicyclic) bond motifs is 1. The molecule has 23 heavy (non-hydrogen) atoms. The van der Waals surface area contributed by atoms with E-state index in [1.165, 1.54) is 23.1 Å². The summed E-state index contributed by atoms with van der Waals surface area (Å²) in [5.74, 6) is -0.0655. The number of rotatable bonds is 2. The van der Waals surface area contributed by atoms with Crippen LogP contribution in [0.15, 0.2) is 18.2 Å². The molecular formula is C14H14N6OS2. The summed E-state index contributed by atoms with van der Waals surface area (Å²) in [5, 5.41) is 9.37. The third-order valence-electron chi connectivity index (χ3n) is 3.95. The summed E-state index contributed by atoms with van der Waals surface area (Å²) >= 11 is 2.47. The molecule has 0 spiro atoms. The highest BCUT2D eigenvalue weighted by Crippen LogP contribution is 2.30. The van der Waals surface area contributed by atoms with E-state index < -0.39 is 0 Å². The second-order valence-corrected chi connectivity index (χ2v) is 6.99. The Morgan fingerprint density at radius 1 is 1.22 bits per heavy atom. The fourth-order valence-corrected chi connectivity index (χ4v) is 4.02.